The topological polar surface area (TPSA) is 125 Å². The molecule has 2 aromatic carbocycles. The van der Waals surface area contributed by atoms with E-state index in [9.17, 15) is 19.5 Å². The number of benzene rings is 2. The zero-order chi connectivity index (χ0) is 27.9. The monoisotopic (exact) mass is 538 g/mol. The first-order valence-corrected chi connectivity index (χ1v) is 12.9. The molecule has 1 aliphatic rings. The largest absolute Gasteiger partial charge is 0.481 e. The zero-order valence-electron chi connectivity index (χ0n) is 21.4. The van der Waals surface area contributed by atoms with Gasteiger partial charge in [0.05, 0.1) is 17.0 Å². The summed E-state index contributed by atoms with van der Waals surface area (Å²) >= 11 is 0. The minimum absolute atomic E-state index is 0.0293. The van der Waals surface area contributed by atoms with Crippen LogP contribution in [0.3, 0.4) is 0 Å². The maximum absolute atomic E-state index is 12.9. The van der Waals surface area contributed by atoms with Crippen LogP contribution in [0.25, 0.3) is 11.1 Å². The molecule has 0 unspecified atom stereocenters. The molecule has 0 amide bonds. The average Bonchev–Trinajstić information content (AvgIpc) is 2.99. The average molecular weight is 539 g/mol. The van der Waals surface area contributed by atoms with Gasteiger partial charge in [-0.2, -0.15) is 4.98 Å². The van der Waals surface area contributed by atoms with Gasteiger partial charge in [0.2, 0.25) is 17.6 Å². The zero-order valence-corrected chi connectivity index (χ0v) is 21.4. The molecule has 1 aliphatic carbocycles. The fourth-order valence-corrected chi connectivity index (χ4v) is 4.43. The maximum atomic E-state index is 12.9. The molecule has 9 nitrogen and oxygen atoms in total. The lowest BCUT2D eigenvalue weighted by atomic mass is 9.87. The summed E-state index contributed by atoms with van der Waals surface area (Å²) in [5, 5.41) is 9.19. The van der Waals surface area contributed by atoms with Crippen molar-refractivity contribution in [2.75, 3.05) is 0 Å². The summed E-state index contributed by atoms with van der Waals surface area (Å²) in [6.07, 6.45) is 3.91. The molecule has 4 aromatic rings. The molecule has 1 saturated carbocycles. The van der Waals surface area contributed by atoms with Gasteiger partial charge >= 0.3 is 17.9 Å². The highest BCUT2D eigenvalue weighted by Crippen LogP contribution is 2.33. The van der Waals surface area contributed by atoms with Crippen molar-refractivity contribution in [3.63, 3.8) is 0 Å². The Morgan fingerprint density at radius 1 is 0.700 bits per heavy atom. The molecule has 1 fully saturated rings. The molecule has 2 heterocycles. The van der Waals surface area contributed by atoms with Crippen molar-refractivity contribution in [3.8, 4) is 28.8 Å². The van der Waals surface area contributed by atoms with Crippen LogP contribution in [0.4, 0.5) is 0 Å². The molecule has 0 saturated heterocycles. The number of carbonyl (C=O) groups excluding carboxylic acids is 2. The predicted octanol–water partition coefficient (Wildman–Crippen LogP) is 5.60. The second-order valence-corrected chi connectivity index (χ2v) is 9.33. The summed E-state index contributed by atoms with van der Waals surface area (Å²) in [4.78, 5) is 45.3. The normalized spacial score (nSPS) is 16.5. The summed E-state index contributed by atoms with van der Waals surface area (Å²) in [6, 6.07) is 23.6. The second kappa shape index (κ2) is 12.2. The number of nitrogens with zero attached hydrogens (tertiary/aromatic N) is 2. The molecule has 2 aromatic heterocycles. The standard InChI is InChI=1S/C31H26N2O7/c34-29(35)20-11-14-24(15-12-20)38-26-17-13-23(19-32-26)25-16-18-27(39-30(36)21-7-3-1-4-8-21)33-28(25)40-31(37)22-9-5-2-6-10-22/h1-10,13,16-20,24H,11-12,14-15H2,(H,34,35)/t20-,24-. The summed E-state index contributed by atoms with van der Waals surface area (Å²) < 4.78 is 17.0. The first-order chi connectivity index (χ1) is 19.5. The third-order valence-electron chi connectivity index (χ3n) is 6.60. The van der Waals surface area contributed by atoms with Crippen LogP contribution in [0.1, 0.15) is 46.4 Å². The molecule has 1 N–H and O–H groups in total. The Morgan fingerprint density at radius 2 is 1.30 bits per heavy atom. The highest BCUT2D eigenvalue weighted by molar-refractivity contribution is 5.92. The summed E-state index contributed by atoms with van der Waals surface area (Å²) in [7, 11) is 0. The number of rotatable bonds is 8. The van der Waals surface area contributed by atoms with Crippen molar-refractivity contribution >= 4 is 17.9 Å². The van der Waals surface area contributed by atoms with E-state index in [0.29, 0.717) is 53.8 Å². The number of aliphatic carboxylic acids is 1. The van der Waals surface area contributed by atoms with Crippen molar-refractivity contribution in [1.82, 2.24) is 9.97 Å². The van der Waals surface area contributed by atoms with Gasteiger partial charge in [0.25, 0.3) is 0 Å². The SMILES string of the molecule is O=C(Oc1ccc(-c2ccc(O[C@H]3CC[C@H](C(=O)O)CC3)nc2)c(OC(=O)c2ccccc2)n1)c1ccccc1. The number of hydrogen-bond acceptors (Lipinski definition) is 8. The highest BCUT2D eigenvalue weighted by Gasteiger charge is 2.27. The van der Waals surface area contributed by atoms with Gasteiger partial charge in [-0.15, -0.1) is 0 Å². The van der Waals surface area contributed by atoms with Gasteiger partial charge in [-0.05, 0) is 62.1 Å². The van der Waals surface area contributed by atoms with E-state index in [0.717, 1.165) is 0 Å². The number of pyridine rings is 2. The van der Waals surface area contributed by atoms with Gasteiger partial charge in [0, 0.05) is 29.5 Å². The molecule has 0 bridgehead atoms. The van der Waals surface area contributed by atoms with Gasteiger partial charge in [0.1, 0.15) is 6.10 Å². The van der Waals surface area contributed by atoms with Crippen molar-refractivity contribution in [1.29, 1.82) is 0 Å². The lowest BCUT2D eigenvalue weighted by molar-refractivity contribution is -0.143. The number of hydrogen-bond donors (Lipinski definition) is 1. The van der Waals surface area contributed by atoms with E-state index < -0.39 is 17.9 Å². The highest BCUT2D eigenvalue weighted by atomic mass is 16.6. The van der Waals surface area contributed by atoms with Crippen LogP contribution < -0.4 is 14.2 Å². The Balaban J connectivity index is 1.36. The van der Waals surface area contributed by atoms with E-state index >= 15 is 0 Å². The summed E-state index contributed by atoms with van der Waals surface area (Å²) in [6.45, 7) is 0. The van der Waals surface area contributed by atoms with E-state index in [1.165, 1.54) is 6.07 Å². The molecule has 40 heavy (non-hydrogen) atoms. The number of ether oxygens (including phenoxy) is 3. The Hall–Kier alpha value is -5.05. The third kappa shape index (κ3) is 6.50. The minimum Gasteiger partial charge on any atom is -0.481 e. The van der Waals surface area contributed by atoms with Gasteiger partial charge in [0.15, 0.2) is 0 Å². The van der Waals surface area contributed by atoms with Crippen molar-refractivity contribution < 1.29 is 33.7 Å². The molecule has 0 radical (unpaired) electrons. The first kappa shape index (κ1) is 26.6. The van der Waals surface area contributed by atoms with Crippen LogP contribution >= 0.6 is 0 Å². The Morgan fingerprint density at radius 3 is 1.88 bits per heavy atom. The smallest absolute Gasteiger partial charge is 0.344 e. The second-order valence-electron chi connectivity index (χ2n) is 9.33. The van der Waals surface area contributed by atoms with Gasteiger partial charge < -0.3 is 19.3 Å². The van der Waals surface area contributed by atoms with E-state index in [1.807, 2.05) is 0 Å². The maximum Gasteiger partial charge on any atom is 0.344 e. The lowest BCUT2D eigenvalue weighted by Gasteiger charge is -2.26. The molecule has 202 valence electrons. The van der Waals surface area contributed by atoms with Crippen LogP contribution in [0.15, 0.2) is 91.1 Å². The van der Waals surface area contributed by atoms with E-state index in [2.05, 4.69) is 9.97 Å². The molecule has 0 aliphatic heterocycles. The Labute approximate surface area is 230 Å². The number of aromatic nitrogens is 2. The van der Waals surface area contributed by atoms with E-state index in [1.54, 1.807) is 85.1 Å². The molecule has 0 atom stereocenters. The quantitative estimate of drug-likeness (QED) is 0.285. The van der Waals surface area contributed by atoms with Crippen molar-refractivity contribution in [2.24, 2.45) is 5.92 Å². The van der Waals surface area contributed by atoms with Crippen molar-refractivity contribution in [2.45, 2.75) is 31.8 Å². The number of carboxylic acids is 1. The van der Waals surface area contributed by atoms with Crippen LogP contribution in [0.2, 0.25) is 0 Å². The fraction of sp³-hybridized carbons (Fsp3) is 0.194. The Bertz CT molecular complexity index is 1480. The van der Waals surface area contributed by atoms with Crippen molar-refractivity contribution in [3.05, 3.63) is 102 Å². The number of esters is 2. The third-order valence-corrected chi connectivity index (χ3v) is 6.60. The van der Waals surface area contributed by atoms with Crippen LogP contribution in [0.5, 0.6) is 17.6 Å². The van der Waals surface area contributed by atoms with Gasteiger partial charge in [-0.1, -0.05) is 36.4 Å². The molecule has 5 rings (SSSR count). The predicted molar refractivity (Wildman–Crippen MR) is 144 cm³/mol. The number of carboxylic acid groups (broad SMARTS) is 1. The van der Waals surface area contributed by atoms with Gasteiger partial charge in [-0.3, -0.25) is 4.79 Å². The van der Waals surface area contributed by atoms with E-state index in [-0.39, 0.29) is 23.8 Å². The van der Waals surface area contributed by atoms with Crippen LogP contribution in [-0.2, 0) is 4.79 Å². The molecular formula is C31H26N2O7. The van der Waals surface area contributed by atoms with Crippen LogP contribution in [0, 0.1) is 5.92 Å². The number of carbonyl (C=O) groups is 3. The molecule has 0 spiro atoms. The molecule has 9 heteroatoms. The Kier molecular flexibility index (Phi) is 8.10. The lowest BCUT2D eigenvalue weighted by Crippen LogP contribution is -2.28. The first-order valence-electron chi connectivity index (χ1n) is 12.9. The fourth-order valence-electron chi connectivity index (χ4n) is 4.43. The summed E-state index contributed by atoms with van der Waals surface area (Å²) in [5.74, 6) is -1.97. The van der Waals surface area contributed by atoms with Gasteiger partial charge in [-0.25, -0.2) is 14.6 Å². The minimum atomic E-state index is -0.765. The molecular weight excluding hydrogens is 512 g/mol. The summed E-state index contributed by atoms with van der Waals surface area (Å²) in [5.41, 5.74) is 1.75. The van der Waals surface area contributed by atoms with E-state index in [4.69, 9.17) is 14.2 Å². The van der Waals surface area contributed by atoms with Crippen LogP contribution in [-0.4, -0.2) is 39.1 Å².